The first-order valence-corrected chi connectivity index (χ1v) is 12.8. The molecule has 34 heavy (non-hydrogen) atoms. The van der Waals surface area contributed by atoms with Crippen LogP contribution in [-0.4, -0.2) is 63.0 Å². The van der Waals surface area contributed by atoms with Gasteiger partial charge in [-0.25, -0.2) is 22.8 Å². The number of sulfonamides is 1. The molecule has 1 fully saturated rings. The maximum absolute atomic E-state index is 13.0. The van der Waals surface area contributed by atoms with Crippen molar-refractivity contribution in [3.05, 3.63) is 41.1 Å². The van der Waals surface area contributed by atoms with Gasteiger partial charge < -0.3 is 20.1 Å². The molecule has 1 aliphatic heterocycles. The highest BCUT2D eigenvalue weighted by Crippen LogP contribution is 2.26. The molecule has 2 aliphatic rings. The molecule has 0 bridgehead atoms. The molecule has 3 rings (SSSR count). The molecule has 1 heterocycles. The van der Waals surface area contributed by atoms with E-state index in [9.17, 15) is 22.8 Å². The molecule has 0 saturated heterocycles. The number of carbonyl (C=O) groups is 3. The number of nitrogens with zero attached hydrogens (tertiary/aromatic N) is 1. The van der Waals surface area contributed by atoms with Crippen LogP contribution in [-0.2, 0) is 24.3 Å². The zero-order chi connectivity index (χ0) is 24.9. The zero-order valence-corrected chi connectivity index (χ0v) is 20.4. The Balaban J connectivity index is 1.70. The van der Waals surface area contributed by atoms with E-state index in [-0.39, 0.29) is 41.0 Å². The number of carbonyl (C=O) groups excluding carboxylic acids is 3. The van der Waals surface area contributed by atoms with Gasteiger partial charge in [-0.2, -0.15) is 4.31 Å². The van der Waals surface area contributed by atoms with Gasteiger partial charge in [-0.15, -0.1) is 0 Å². The second-order valence-corrected chi connectivity index (χ2v) is 10.3. The van der Waals surface area contributed by atoms with Crippen molar-refractivity contribution in [3.63, 3.8) is 0 Å². The molecule has 2 amide bonds. The van der Waals surface area contributed by atoms with Crippen molar-refractivity contribution in [2.75, 3.05) is 20.3 Å². The summed E-state index contributed by atoms with van der Waals surface area (Å²) in [5.41, 5.74) is 0.448. The normalized spacial score (nSPS) is 19.4. The highest BCUT2D eigenvalue weighted by Gasteiger charge is 2.31. The minimum Gasteiger partial charge on any atom is -0.463 e. The van der Waals surface area contributed by atoms with Gasteiger partial charge in [-0.1, -0.05) is 19.3 Å². The van der Waals surface area contributed by atoms with Crippen LogP contribution in [0.3, 0.4) is 0 Å². The minimum atomic E-state index is -3.68. The van der Waals surface area contributed by atoms with Crippen molar-refractivity contribution < 1.29 is 32.3 Å². The van der Waals surface area contributed by atoms with Crippen molar-refractivity contribution in [1.82, 2.24) is 14.9 Å². The van der Waals surface area contributed by atoms with Crippen LogP contribution in [0.4, 0.5) is 4.79 Å². The van der Waals surface area contributed by atoms with E-state index < -0.39 is 34.0 Å². The number of hydrogen-bond donors (Lipinski definition) is 2. The topological polar surface area (TPSA) is 131 Å². The molecule has 1 atom stereocenters. The quantitative estimate of drug-likeness (QED) is 0.531. The van der Waals surface area contributed by atoms with E-state index in [1.807, 2.05) is 0 Å². The molecule has 186 valence electrons. The second kappa shape index (κ2) is 11.0. The molecule has 0 radical (unpaired) electrons. The molecule has 0 aromatic heterocycles. The van der Waals surface area contributed by atoms with E-state index in [1.54, 1.807) is 20.9 Å². The van der Waals surface area contributed by atoms with Crippen molar-refractivity contribution in [1.29, 1.82) is 0 Å². The average Bonchev–Trinajstić information content (AvgIpc) is 2.82. The monoisotopic (exact) mass is 493 g/mol. The SMILES string of the molecule is CCOC(=O)C1=C(COC(=O)c2ccc(S(=O)(=O)N(C)C3CCCCC3)cc2)NC(=O)N[C@@H]1C. The van der Waals surface area contributed by atoms with E-state index in [0.29, 0.717) is 0 Å². The number of amides is 2. The largest absolute Gasteiger partial charge is 0.463 e. The lowest BCUT2D eigenvalue weighted by atomic mass is 9.96. The number of hydrogen-bond acceptors (Lipinski definition) is 7. The average molecular weight is 494 g/mol. The molecular formula is C23H31N3O7S. The van der Waals surface area contributed by atoms with Gasteiger partial charge in [0.05, 0.1) is 34.4 Å². The van der Waals surface area contributed by atoms with Gasteiger partial charge in [0.25, 0.3) is 0 Å². The van der Waals surface area contributed by atoms with Crippen LogP contribution in [0.15, 0.2) is 40.4 Å². The van der Waals surface area contributed by atoms with E-state index >= 15 is 0 Å². The molecule has 2 N–H and O–H groups in total. The van der Waals surface area contributed by atoms with Crippen LogP contribution in [0.1, 0.15) is 56.3 Å². The first kappa shape index (κ1) is 25.7. The van der Waals surface area contributed by atoms with Crippen molar-refractivity contribution >= 4 is 28.0 Å². The maximum atomic E-state index is 13.0. The highest BCUT2D eigenvalue weighted by molar-refractivity contribution is 7.89. The van der Waals surface area contributed by atoms with Gasteiger partial charge in [0, 0.05) is 13.1 Å². The summed E-state index contributed by atoms with van der Waals surface area (Å²) >= 11 is 0. The van der Waals surface area contributed by atoms with Crippen LogP contribution in [0.2, 0.25) is 0 Å². The molecule has 11 heteroatoms. The van der Waals surface area contributed by atoms with Gasteiger partial charge in [0.2, 0.25) is 10.0 Å². The van der Waals surface area contributed by atoms with Gasteiger partial charge in [0.15, 0.2) is 0 Å². The summed E-state index contributed by atoms with van der Waals surface area (Å²) in [5.74, 6) is -1.34. The number of nitrogens with one attached hydrogen (secondary N) is 2. The maximum Gasteiger partial charge on any atom is 0.338 e. The van der Waals surface area contributed by atoms with E-state index in [4.69, 9.17) is 9.47 Å². The van der Waals surface area contributed by atoms with E-state index in [2.05, 4.69) is 10.6 Å². The summed E-state index contributed by atoms with van der Waals surface area (Å²) in [5, 5.41) is 5.04. The fourth-order valence-corrected chi connectivity index (χ4v) is 5.60. The second-order valence-electron chi connectivity index (χ2n) is 8.35. The van der Waals surface area contributed by atoms with Crippen molar-refractivity contribution in [2.24, 2.45) is 0 Å². The van der Waals surface area contributed by atoms with Gasteiger partial charge >= 0.3 is 18.0 Å². The van der Waals surface area contributed by atoms with Gasteiger partial charge in [-0.05, 0) is 51.0 Å². The van der Waals surface area contributed by atoms with Crippen LogP contribution >= 0.6 is 0 Å². The lowest BCUT2D eigenvalue weighted by molar-refractivity contribution is -0.139. The number of esters is 2. The Hall–Kier alpha value is -2.92. The Morgan fingerprint density at radius 2 is 1.71 bits per heavy atom. The fourth-order valence-electron chi connectivity index (χ4n) is 4.18. The Labute approximate surface area is 199 Å². The predicted octanol–water partition coefficient (Wildman–Crippen LogP) is 2.32. The van der Waals surface area contributed by atoms with Crippen LogP contribution in [0.5, 0.6) is 0 Å². The third-order valence-electron chi connectivity index (χ3n) is 6.07. The molecule has 0 spiro atoms. The van der Waals surface area contributed by atoms with Gasteiger partial charge in [-0.3, -0.25) is 0 Å². The smallest absolute Gasteiger partial charge is 0.338 e. The Morgan fingerprint density at radius 3 is 2.32 bits per heavy atom. The Bertz CT molecular complexity index is 1060. The first-order valence-electron chi connectivity index (χ1n) is 11.4. The number of benzene rings is 1. The summed E-state index contributed by atoms with van der Waals surface area (Å²) in [6.07, 6.45) is 4.83. The minimum absolute atomic E-state index is 0.0205. The van der Waals surface area contributed by atoms with Crippen molar-refractivity contribution in [3.8, 4) is 0 Å². The number of urea groups is 1. The third kappa shape index (κ3) is 5.76. The van der Waals surface area contributed by atoms with Crippen LogP contribution < -0.4 is 10.6 Å². The van der Waals surface area contributed by atoms with E-state index in [0.717, 1.165) is 32.1 Å². The molecule has 10 nitrogen and oxygen atoms in total. The predicted molar refractivity (Wildman–Crippen MR) is 123 cm³/mol. The summed E-state index contributed by atoms with van der Waals surface area (Å²) in [7, 11) is -2.08. The van der Waals surface area contributed by atoms with E-state index in [1.165, 1.54) is 28.6 Å². The molecular weight excluding hydrogens is 462 g/mol. The van der Waals surface area contributed by atoms with Crippen molar-refractivity contribution in [2.45, 2.75) is 62.9 Å². The van der Waals surface area contributed by atoms with Gasteiger partial charge in [0.1, 0.15) is 6.61 Å². The fraction of sp³-hybridized carbons (Fsp3) is 0.522. The molecule has 1 saturated carbocycles. The Morgan fingerprint density at radius 1 is 1.06 bits per heavy atom. The summed E-state index contributed by atoms with van der Waals surface area (Å²) in [6.45, 7) is 3.08. The lowest BCUT2D eigenvalue weighted by Crippen LogP contribution is -2.50. The molecule has 1 aliphatic carbocycles. The standard InChI is InChI=1S/C23H31N3O7S/c1-4-32-22(28)20-15(2)24-23(29)25-19(20)14-33-21(27)16-10-12-18(13-11-16)34(30,31)26(3)17-8-6-5-7-9-17/h10-13,15,17H,4-9,14H2,1-3H3,(H2,24,25,29)/t15-/m1/s1. The van der Waals surface area contributed by atoms with Crippen LogP contribution in [0.25, 0.3) is 0 Å². The number of ether oxygens (including phenoxy) is 2. The summed E-state index contributed by atoms with van der Waals surface area (Å²) in [4.78, 5) is 36.7. The Kier molecular flexibility index (Phi) is 8.32. The first-order chi connectivity index (χ1) is 16.1. The molecule has 1 aromatic rings. The third-order valence-corrected chi connectivity index (χ3v) is 7.99. The number of rotatable bonds is 8. The zero-order valence-electron chi connectivity index (χ0n) is 19.6. The lowest BCUT2D eigenvalue weighted by Gasteiger charge is -2.30. The summed E-state index contributed by atoms with van der Waals surface area (Å²) in [6, 6.07) is 4.36. The van der Waals surface area contributed by atoms with Crippen LogP contribution in [0, 0.1) is 0 Å². The highest BCUT2D eigenvalue weighted by atomic mass is 32.2. The molecule has 0 unspecified atom stereocenters. The summed E-state index contributed by atoms with van der Waals surface area (Å²) < 4.78 is 37.7. The molecule has 1 aromatic carbocycles.